The molecule has 2 unspecified atom stereocenters. The lowest BCUT2D eigenvalue weighted by atomic mass is 10.0. The summed E-state index contributed by atoms with van der Waals surface area (Å²) in [6.07, 6.45) is 7.06. The number of nitrogens with zero attached hydrogens (tertiary/aromatic N) is 3. The smallest absolute Gasteiger partial charge is 0.250 e. The highest BCUT2D eigenvalue weighted by Crippen LogP contribution is 2.34. The Morgan fingerprint density at radius 1 is 0.872 bits per heavy atom. The fraction of sp³-hybridized carbons (Fsp3) is 0.316. The number of rotatable bonds is 12. The maximum Gasteiger partial charge on any atom is 0.250 e. The van der Waals surface area contributed by atoms with E-state index in [1.807, 2.05) is 61.5 Å². The molecule has 47 heavy (non-hydrogen) atoms. The molecule has 3 heterocycles. The summed E-state index contributed by atoms with van der Waals surface area (Å²) in [4.78, 5) is 40.0. The number of hydrogen-bond acceptors (Lipinski definition) is 7. The van der Waals surface area contributed by atoms with E-state index in [1.165, 1.54) is 27.4 Å². The third-order valence-corrected chi connectivity index (χ3v) is 10.6. The molecule has 2 aromatic heterocycles. The van der Waals surface area contributed by atoms with Gasteiger partial charge < -0.3 is 15.5 Å². The summed E-state index contributed by atoms with van der Waals surface area (Å²) in [5.41, 5.74) is 5.37. The minimum absolute atomic E-state index is 0.124. The molecule has 2 atom stereocenters. The predicted molar refractivity (Wildman–Crippen MR) is 192 cm³/mol. The molecule has 1 aliphatic heterocycles. The summed E-state index contributed by atoms with van der Waals surface area (Å²) in [6.45, 7) is 7.76. The molecule has 1 saturated heterocycles. The monoisotopic (exact) mass is 663 g/mol. The second kappa shape index (κ2) is 15.2. The summed E-state index contributed by atoms with van der Waals surface area (Å²) in [6, 6.07) is 26.4. The third-order valence-electron chi connectivity index (χ3n) is 8.43. The molecular formula is C38H41N5O2S2. The van der Waals surface area contributed by atoms with Crippen LogP contribution < -0.4 is 10.6 Å². The molecule has 1 fully saturated rings. The zero-order chi connectivity index (χ0) is 32.8. The van der Waals surface area contributed by atoms with Crippen molar-refractivity contribution in [1.82, 2.24) is 25.5 Å². The molecule has 0 radical (unpaired) electrons. The lowest BCUT2D eigenvalue weighted by molar-refractivity contribution is -0.138. The van der Waals surface area contributed by atoms with E-state index in [4.69, 9.17) is 4.98 Å². The molecule has 7 nitrogen and oxygen atoms in total. The Kier molecular flexibility index (Phi) is 10.6. The van der Waals surface area contributed by atoms with Crippen molar-refractivity contribution in [3.05, 3.63) is 107 Å². The van der Waals surface area contributed by atoms with E-state index in [2.05, 4.69) is 71.1 Å². The van der Waals surface area contributed by atoms with Gasteiger partial charge in [0.25, 0.3) is 0 Å². The highest BCUT2D eigenvalue weighted by atomic mass is 32.1. The summed E-state index contributed by atoms with van der Waals surface area (Å²) in [7, 11) is 0. The van der Waals surface area contributed by atoms with Gasteiger partial charge in [-0.25, -0.2) is 9.97 Å². The third kappa shape index (κ3) is 7.87. The number of amides is 2. The van der Waals surface area contributed by atoms with E-state index in [9.17, 15) is 9.59 Å². The van der Waals surface area contributed by atoms with Crippen molar-refractivity contribution < 1.29 is 9.59 Å². The maximum atomic E-state index is 13.9. The van der Waals surface area contributed by atoms with Crippen molar-refractivity contribution in [2.45, 2.75) is 58.7 Å². The molecule has 6 rings (SSSR count). The molecule has 5 aromatic rings. The number of carbonyl (C=O) groups excluding carboxylic acids is 2. The van der Waals surface area contributed by atoms with Gasteiger partial charge in [-0.05, 0) is 53.6 Å². The van der Waals surface area contributed by atoms with Crippen molar-refractivity contribution in [3.63, 3.8) is 0 Å². The van der Waals surface area contributed by atoms with Gasteiger partial charge in [-0.15, -0.1) is 22.7 Å². The Hall–Kier alpha value is -4.18. The molecular weight excluding hydrogens is 623 g/mol. The van der Waals surface area contributed by atoms with E-state index in [0.717, 1.165) is 46.0 Å². The Morgan fingerprint density at radius 2 is 1.49 bits per heavy atom. The van der Waals surface area contributed by atoms with Crippen LogP contribution in [0.5, 0.6) is 0 Å². The number of hydrogen-bond donors (Lipinski definition) is 2. The van der Waals surface area contributed by atoms with Gasteiger partial charge in [-0.1, -0.05) is 99.6 Å². The number of carbonyl (C=O) groups is 2. The van der Waals surface area contributed by atoms with Crippen LogP contribution in [-0.2, 0) is 16.1 Å². The molecule has 2 amide bonds. The normalized spacial score (nSPS) is 15.1. The van der Waals surface area contributed by atoms with Crippen LogP contribution in [-0.4, -0.2) is 39.8 Å². The minimum atomic E-state index is -0.743. The Balaban J connectivity index is 1.13. The average molecular weight is 664 g/mol. The van der Waals surface area contributed by atoms with Crippen LogP contribution in [0.15, 0.2) is 91.3 Å². The zero-order valence-corrected chi connectivity index (χ0v) is 28.7. The predicted octanol–water partition coefficient (Wildman–Crippen LogP) is 8.28. The fourth-order valence-corrected chi connectivity index (χ4v) is 7.75. The van der Waals surface area contributed by atoms with Crippen molar-refractivity contribution in [3.8, 4) is 32.0 Å². The quantitative estimate of drug-likeness (QED) is 0.140. The van der Waals surface area contributed by atoms with Gasteiger partial charge in [0.15, 0.2) is 0 Å². The highest BCUT2D eigenvalue weighted by molar-refractivity contribution is 7.15. The van der Waals surface area contributed by atoms with Gasteiger partial charge >= 0.3 is 0 Å². The minimum Gasteiger partial charge on any atom is -0.340 e. The lowest BCUT2D eigenvalue weighted by Crippen LogP contribution is -2.44. The number of nitrogens with one attached hydrogen (secondary N) is 2. The SMILES string of the molecule is CCCN(Cc1ncc(-c2ccc(-c3ccc(-c4cnc(C5CCCN5)s4)cc3)cc2)s1)C(=O)C(NC(=O)C(C)C)c1ccccc1. The first kappa shape index (κ1) is 32.7. The molecule has 242 valence electrons. The molecule has 0 saturated carbocycles. The molecule has 2 N–H and O–H groups in total. The van der Waals surface area contributed by atoms with Gasteiger partial charge in [0.05, 0.1) is 22.3 Å². The molecule has 0 bridgehead atoms. The summed E-state index contributed by atoms with van der Waals surface area (Å²) in [5, 5.41) is 8.56. The van der Waals surface area contributed by atoms with Crippen LogP contribution in [0.2, 0.25) is 0 Å². The molecule has 1 aliphatic rings. The molecule has 0 spiro atoms. The summed E-state index contributed by atoms with van der Waals surface area (Å²) < 4.78 is 0. The topological polar surface area (TPSA) is 87.2 Å². The second-order valence-corrected chi connectivity index (χ2v) is 14.4. The average Bonchev–Trinajstić information content (AvgIpc) is 3.90. The van der Waals surface area contributed by atoms with Crippen LogP contribution in [0, 0.1) is 5.92 Å². The first-order chi connectivity index (χ1) is 22.9. The van der Waals surface area contributed by atoms with Crippen molar-refractivity contribution >= 4 is 34.5 Å². The summed E-state index contributed by atoms with van der Waals surface area (Å²) >= 11 is 3.38. The molecule has 9 heteroatoms. The van der Waals surface area contributed by atoms with E-state index in [0.29, 0.717) is 19.1 Å². The Morgan fingerprint density at radius 3 is 2.09 bits per heavy atom. The molecule has 3 aromatic carbocycles. The highest BCUT2D eigenvalue weighted by Gasteiger charge is 2.28. The van der Waals surface area contributed by atoms with Crippen molar-refractivity contribution in [1.29, 1.82) is 0 Å². The lowest BCUT2D eigenvalue weighted by Gasteiger charge is -2.28. The van der Waals surface area contributed by atoms with E-state index >= 15 is 0 Å². The van der Waals surface area contributed by atoms with Crippen LogP contribution in [0.3, 0.4) is 0 Å². The van der Waals surface area contributed by atoms with Crippen LogP contribution >= 0.6 is 22.7 Å². The first-order valence-corrected chi connectivity index (χ1v) is 18.0. The van der Waals surface area contributed by atoms with Gasteiger partial charge in [0, 0.05) is 24.9 Å². The van der Waals surface area contributed by atoms with Gasteiger partial charge in [-0.2, -0.15) is 0 Å². The van der Waals surface area contributed by atoms with Crippen LogP contribution in [0.1, 0.15) is 67.7 Å². The number of aromatic nitrogens is 2. The number of benzene rings is 3. The Bertz CT molecular complexity index is 1770. The molecule has 0 aliphatic carbocycles. The maximum absolute atomic E-state index is 13.9. The van der Waals surface area contributed by atoms with Crippen LogP contribution in [0.25, 0.3) is 32.0 Å². The van der Waals surface area contributed by atoms with E-state index in [1.54, 1.807) is 22.7 Å². The van der Waals surface area contributed by atoms with E-state index in [-0.39, 0.29) is 17.7 Å². The second-order valence-electron chi connectivity index (χ2n) is 12.3. The van der Waals surface area contributed by atoms with Gasteiger partial charge in [0.2, 0.25) is 11.8 Å². The standard InChI is InChI=1S/C38H41N5O2S2/c1-4-21-43(38(45)35(42-36(44)25(2)3)30-9-6-5-7-10-30)24-34-40-22-32(46-34)28-16-12-26(13-17-28)27-14-18-29(19-15-27)33-23-41-37(47-33)31-11-8-20-39-31/h5-7,9-10,12-19,22-23,25,31,35,39H,4,8,11,20-21,24H2,1-3H3,(H,42,44). The van der Waals surface area contributed by atoms with Crippen LogP contribution in [0.4, 0.5) is 0 Å². The van der Waals surface area contributed by atoms with Gasteiger partial charge in [0.1, 0.15) is 16.1 Å². The zero-order valence-electron chi connectivity index (χ0n) is 27.1. The largest absolute Gasteiger partial charge is 0.340 e. The van der Waals surface area contributed by atoms with Crippen molar-refractivity contribution in [2.24, 2.45) is 5.92 Å². The summed E-state index contributed by atoms with van der Waals surface area (Å²) in [5.74, 6) is -0.497. The first-order valence-electron chi connectivity index (χ1n) is 16.4. The van der Waals surface area contributed by atoms with Gasteiger partial charge in [-0.3, -0.25) is 9.59 Å². The Labute approximate surface area is 285 Å². The van der Waals surface area contributed by atoms with E-state index < -0.39 is 6.04 Å². The fourth-order valence-electron chi connectivity index (χ4n) is 5.77. The number of thiazole rings is 2. The van der Waals surface area contributed by atoms with Crippen molar-refractivity contribution in [2.75, 3.05) is 13.1 Å².